The lowest BCUT2D eigenvalue weighted by Gasteiger charge is -2.14. The lowest BCUT2D eigenvalue weighted by atomic mass is 10.1. The van der Waals surface area contributed by atoms with Crippen LogP contribution < -0.4 is 15.4 Å². The predicted molar refractivity (Wildman–Crippen MR) is 81.7 cm³/mol. The van der Waals surface area contributed by atoms with E-state index in [2.05, 4.69) is 0 Å². The van der Waals surface area contributed by atoms with Gasteiger partial charge in [0.25, 0.3) is 0 Å². The SMILES string of the molecule is CC(=O)c1cc(Oc2cccc(N(C)C)c2)ccc1N. The first kappa shape index (κ1) is 13.9. The van der Waals surface area contributed by atoms with Crippen LogP contribution in [0.2, 0.25) is 0 Å². The summed E-state index contributed by atoms with van der Waals surface area (Å²) in [6.07, 6.45) is 0. The number of ketones is 1. The summed E-state index contributed by atoms with van der Waals surface area (Å²) >= 11 is 0. The number of carbonyl (C=O) groups is 1. The lowest BCUT2D eigenvalue weighted by molar-refractivity contribution is 0.101. The molecule has 2 aromatic rings. The summed E-state index contributed by atoms with van der Waals surface area (Å²) in [7, 11) is 3.94. The number of ether oxygens (including phenoxy) is 1. The lowest BCUT2D eigenvalue weighted by Crippen LogP contribution is -2.08. The van der Waals surface area contributed by atoms with Gasteiger partial charge in [-0.15, -0.1) is 0 Å². The van der Waals surface area contributed by atoms with Crippen molar-refractivity contribution in [2.24, 2.45) is 0 Å². The fourth-order valence-electron chi connectivity index (χ4n) is 1.87. The smallest absolute Gasteiger partial charge is 0.162 e. The number of Topliss-reactive ketones (excluding diaryl/α,β-unsaturated/α-hetero) is 1. The molecule has 4 heteroatoms. The summed E-state index contributed by atoms with van der Waals surface area (Å²) in [5.74, 6) is 1.24. The molecule has 2 rings (SSSR count). The molecule has 0 amide bonds. The Morgan fingerprint density at radius 3 is 2.45 bits per heavy atom. The molecule has 20 heavy (non-hydrogen) atoms. The number of nitrogens with two attached hydrogens (primary N) is 1. The summed E-state index contributed by atoms with van der Waals surface area (Å²) < 4.78 is 5.78. The van der Waals surface area contributed by atoms with Gasteiger partial charge in [-0.05, 0) is 37.3 Å². The van der Waals surface area contributed by atoms with Crippen LogP contribution in [0.15, 0.2) is 42.5 Å². The van der Waals surface area contributed by atoms with Crippen LogP contribution in [0, 0.1) is 0 Å². The van der Waals surface area contributed by atoms with Crippen molar-refractivity contribution in [2.45, 2.75) is 6.92 Å². The van der Waals surface area contributed by atoms with E-state index in [4.69, 9.17) is 10.5 Å². The molecular formula is C16H18N2O2. The van der Waals surface area contributed by atoms with E-state index in [0.29, 0.717) is 17.0 Å². The Hall–Kier alpha value is -2.49. The first-order chi connectivity index (χ1) is 9.47. The highest BCUT2D eigenvalue weighted by atomic mass is 16.5. The van der Waals surface area contributed by atoms with Gasteiger partial charge in [-0.3, -0.25) is 4.79 Å². The van der Waals surface area contributed by atoms with Crippen LogP contribution in [0.5, 0.6) is 11.5 Å². The zero-order valence-electron chi connectivity index (χ0n) is 11.9. The minimum Gasteiger partial charge on any atom is -0.457 e. The Morgan fingerprint density at radius 2 is 1.80 bits per heavy atom. The quantitative estimate of drug-likeness (QED) is 0.684. The molecule has 2 aromatic carbocycles. The molecule has 0 spiro atoms. The van der Waals surface area contributed by atoms with Gasteiger partial charge in [0.2, 0.25) is 0 Å². The van der Waals surface area contributed by atoms with Crippen molar-refractivity contribution in [2.75, 3.05) is 24.7 Å². The van der Waals surface area contributed by atoms with E-state index >= 15 is 0 Å². The van der Waals surface area contributed by atoms with E-state index in [9.17, 15) is 4.79 Å². The van der Waals surface area contributed by atoms with E-state index in [1.807, 2.05) is 43.3 Å². The number of benzene rings is 2. The zero-order valence-corrected chi connectivity index (χ0v) is 11.9. The van der Waals surface area contributed by atoms with Crippen LogP contribution in [0.1, 0.15) is 17.3 Å². The Balaban J connectivity index is 2.28. The number of nitrogen functional groups attached to an aromatic ring is 1. The minimum absolute atomic E-state index is 0.0741. The summed E-state index contributed by atoms with van der Waals surface area (Å²) in [6, 6.07) is 12.8. The average molecular weight is 270 g/mol. The predicted octanol–water partition coefficient (Wildman–Crippen LogP) is 3.33. The van der Waals surface area contributed by atoms with Crippen LogP contribution in [0.3, 0.4) is 0 Å². The second-order valence-electron chi connectivity index (χ2n) is 4.80. The van der Waals surface area contributed by atoms with Gasteiger partial charge in [-0.1, -0.05) is 6.07 Å². The van der Waals surface area contributed by atoms with Crippen LogP contribution in [-0.4, -0.2) is 19.9 Å². The molecule has 0 saturated carbocycles. The molecule has 0 saturated heterocycles. The van der Waals surface area contributed by atoms with Gasteiger partial charge in [0.1, 0.15) is 11.5 Å². The van der Waals surface area contributed by atoms with Crippen molar-refractivity contribution in [1.82, 2.24) is 0 Å². The largest absolute Gasteiger partial charge is 0.457 e. The number of anilines is 2. The van der Waals surface area contributed by atoms with Crippen molar-refractivity contribution >= 4 is 17.2 Å². The second kappa shape index (κ2) is 5.65. The van der Waals surface area contributed by atoms with Crippen LogP contribution in [0.4, 0.5) is 11.4 Å². The van der Waals surface area contributed by atoms with Gasteiger partial charge in [0.05, 0.1) is 0 Å². The third kappa shape index (κ3) is 3.09. The highest BCUT2D eigenvalue weighted by molar-refractivity contribution is 5.99. The van der Waals surface area contributed by atoms with Crippen molar-refractivity contribution in [3.05, 3.63) is 48.0 Å². The molecule has 0 unspecified atom stereocenters. The number of nitrogens with zero attached hydrogens (tertiary/aromatic N) is 1. The Labute approximate surface area is 118 Å². The molecule has 0 bridgehead atoms. The topological polar surface area (TPSA) is 55.6 Å². The Kier molecular flexibility index (Phi) is 3.94. The van der Waals surface area contributed by atoms with Crippen molar-refractivity contribution < 1.29 is 9.53 Å². The maximum absolute atomic E-state index is 11.5. The van der Waals surface area contributed by atoms with Crippen molar-refractivity contribution in [3.8, 4) is 11.5 Å². The van der Waals surface area contributed by atoms with Crippen molar-refractivity contribution in [1.29, 1.82) is 0 Å². The molecule has 4 nitrogen and oxygen atoms in total. The minimum atomic E-state index is -0.0741. The molecule has 0 radical (unpaired) electrons. The van der Waals surface area contributed by atoms with E-state index < -0.39 is 0 Å². The van der Waals surface area contributed by atoms with Gasteiger partial charge in [0, 0.05) is 37.1 Å². The molecule has 0 aliphatic carbocycles. The van der Waals surface area contributed by atoms with E-state index in [1.54, 1.807) is 18.2 Å². The molecular weight excluding hydrogens is 252 g/mol. The Bertz CT molecular complexity index is 636. The monoisotopic (exact) mass is 270 g/mol. The van der Waals surface area contributed by atoms with Crippen molar-refractivity contribution in [3.63, 3.8) is 0 Å². The second-order valence-corrected chi connectivity index (χ2v) is 4.80. The third-order valence-corrected chi connectivity index (χ3v) is 2.97. The molecule has 0 atom stereocenters. The first-order valence-corrected chi connectivity index (χ1v) is 6.33. The number of hydrogen-bond donors (Lipinski definition) is 1. The van der Waals surface area contributed by atoms with Gasteiger partial charge in [-0.25, -0.2) is 0 Å². The molecule has 0 heterocycles. The molecule has 0 aliphatic heterocycles. The van der Waals surface area contributed by atoms with Gasteiger partial charge in [0.15, 0.2) is 5.78 Å². The average Bonchev–Trinajstić information content (AvgIpc) is 2.41. The molecule has 0 aliphatic rings. The van der Waals surface area contributed by atoms with Crippen LogP contribution >= 0.6 is 0 Å². The molecule has 2 N–H and O–H groups in total. The standard InChI is InChI=1S/C16H18N2O2/c1-11(19)15-10-14(7-8-16(15)17)20-13-6-4-5-12(9-13)18(2)3/h4-10H,17H2,1-3H3. The van der Waals surface area contributed by atoms with Gasteiger partial charge < -0.3 is 15.4 Å². The third-order valence-electron chi connectivity index (χ3n) is 2.97. The zero-order chi connectivity index (χ0) is 14.7. The number of carbonyl (C=O) groups excluding carboxylic acids is 1. The van der Waals surface area contributed by atoms with Gasteiger partial charge in [-0.2, -0.15) is 0 Å². The summed E-state index contributed by atoms with van der Waals surface area (Å²) in [5.41, 5.74) is 7.75. The van der Waals surface area contributed by atoms with Crippen LogP contribution in [-0.2, 0) is 0 Å². The highest BCUT2D eigenvalue weighted by Gasteiger charge is 2.07. The summed E-state index contributed by atoms with van der Waals surface area (Å²) in [4.78, 5) is 13.5. The maximum atomic E-state index is 11.5. The molecule has 0 aromatic heterocycles. The Morgan fingerprint density at radius 1 is 1.10 bits per heavy atom. The fourth-order valence-corrected chi connectivity index (χ4v) is 1.87. The van der Waals surface area contributed by atoms with Crippen LogP contribution in [0.25, 0.3) is 0 Å². The number of hydrogen-bond acceptors (Lipinski definition) is 4. The van der Waals surface area contributed by atoms with Gasteiger partial charge >= 0.3 is 0 Å². The van der Waals surface area contributed by atoms with E-state index in [1.165, 1.54) is 6.92 Å². The fraction of sp³-hybridized carbons (Fsp3) is 0.188. The van der Waals surface area contributed by atoms with E-state index in [-0.39, 0.29) is 5.78 Å². The molecule has 104 valence electrons. The normalized spacial score (nSPS) is 10.2. The summed E-state index contributed by atoms with van der Waals surface area (Å²) in [5, 5.41) is 0. The maximum Gasteiger partial charge on any atom is 0.162 e. The molecule has 0 fully saturated rings. The first-order valence-electron chi connectivity index (χ1n) is 6.33. The number of rotatable bonds is 4. The highest BCUT2D eigenvalue weighted by Crippen LogP contribution is 2.27. The summed E-state index contributed by atoms with van der Waals surface area (Å²) in [6.45, 7) is 1.49. The van der Waals surface area contributed by atoms with E-state index in [0.717, 1.165) is 11.4 Å².